The van der Waals surface area contributed by atoms with E-state index in [1.807, 2.05) is 13.1 Å². The van der Waals surface area contributed by atoms with E-state index < -0.39 is 0 Å². The number of halogens is 1. The number of aromatic hydroxyl groups is 1. The van der Waals surface area contributed by atoms with Crippen molar-refractivity contribution in [1.29, 1.82) is 0 Å². The first-order valence-electron chi connectivity index (χ1n) is 7.31. The minimum Gasteiger partial charge on any atom is -0.508 e. The predicted molar refractivity (Wildman–Crippen MR) is 89.5 cm³/mol. The van der Waals surface area contributed by atoms with Gasteiger partial charge in [0.2, 0.25) is 0 Å². The molecule has 1 aliphatic heterocycles. The number of nitrogens with zero attached hydrogens (tertiary/aromatic N) is 1. The van der Waals surface area contributed by atoms with Crippen LogP contribution in [-0.4, -0.2) is 30.0 Å². The van der Waals surface area contributed by atoms with Crippen molar-refractivity contribution in [3.8, 4) is 5.75 Å². The zero-order chi connectivity index (χ0) is 16.4. The molecular formula is C17H17FN2O2S. The highest BCUT2D eigenvalue weighted by Crippen LogP contribution is 2.44. The lowest BCUT2D eigenvalue weighted by Gasteiger charge is -2.21. The molecule has 0 fully saturated rings. The average Bonchev–Trinajstić information content (AvgIpc) is 2.83. The van der Waals surface area contributed by atoms with Crippen LogP contribution >= 0.6 is 11.8 Å². The second kappa shape index (κ2) is 6.50. The highest BCUT2D eigenvalue weighted by atomic mass is 32.2. The molecule has 1 atom stereocenters. The van der Waals surface area contributed by atoms with E-state index in [0.29, 0.717) is 12.1 Å². The number of benzene rings is 2. The Labute approximate surface area is 138 Å². The Kier molecular flexibility index (Phi) is 4.43. The maximum Gasteiger partial charge on any atom is 0.251 e. The maximum absolute atomic E-state index is 12.9. The largest absolute Gasteiger partial charge is 0.508 e. The number of amides is 1. The van der Waals surface area contributed by atoms with Gasteiger partial charge in [-0.2, -0.15) is 0 Å². The first-order valence-corrected chi connectivity index (χ1v) is 8.19. The van der Waals surface area contributed by atoms with Gasteiger partial charge in [-0.3, -0.25) is 4.79 Å². The molecule has 2 N–H and O–H groups in total. The van der Waals surface area contributed by atoms with Crippen molar-refractivity contribution in [3.63, 3.8) is 0 Å². The number of hydrogen-bond acceptors (Lipinski definition) is 4. The summed E-state index contributed by atoms with van der Waals surface area (Å²) in [6.45, 7) is 0.526. The van der Waals surface area contributed by atoms with Gasteiger partial charge in [0.25, 0.3) is 5.91 Å². The Morgan fingerprint density at radius 3 is 2.78 bits per heavy atom. The smallest absolute Gasteiger partial charge is 0.251 e. The molecule has 1 amide bonds. The van der Waals surface area contributed by atoms with Crippen molar-refractivity contribution in [2.24, 2.45) is 0 Å². The van der Waals surface area contributed by atoms with E-state index in [1.54, 1.807) is 23.9 Å². The van der Waals surface area contributed by atoms with E-state index >= 15 is 0 Å². The van der Waals surface area contributed by atoms with Crippen LogP contribution in [0, 0.1) is 5.82 Å². The molecule has 0 saturated heterocycles. The van der Waals surface area contributed by atoms with Crippen LogP contribution in [0.2, 0.25) is 0 Å². The van der Waals surface area contributed by atoms with Gasteiger partial charge in [-0.15, -0.1) is 0 Å². The summed E-state index contributed by atoms with van der Waals surface area (Å²) in [6.07, 6.45) is 0.767. The summed E-state index contributed by atoms with van der Waals surface area (Å²) in [6, 6.07) is 10.8. The van der Waals surface area contributed by atoms with Crippen LogP contribution in [0.5, 0.6) is 5.75 Å². The summed E-state index contributed by atoms with van der Waals surface area (Å²) in [5.74, 6) is -0.299. The van der Waals surface area contributed by atoms with Gasteiger partial charge in [0.1, 0.15) is 11.6 Å². The van der Waals surface area contributed by atoms with Crippen molar-refractivity contribution in [3.05, 3.63) is 53.8 Å². The third-order valence-corrected chi connectivity index (χ3v) is 5.21. The number of phenolic OH excluding ortho intramolecular Hbond substituents is 1. The molecule has 0 aromatic heterocycles. The molecule has 1 unspecified atom stereocenters. The minimum absolute atomic E-state index is 0.203. The second-order valence-corrected chi connectivity index (χ2v) is 6.61. The van der Waals surface area contributed by atoms with Crippen molar-refractivity contribution in [1.82, 2.24) is 5.32 Å². The molecule has 0 radical (unpaired) electrons. The number of phenols is 1. The molecule has 120 valence electrons. The van der Waals surface area contributed by atoms with Gasteiger partial charge in [0.05, 0.1) is 11.1 Å². The molecule has 3 rings (SSSR count). The Morgan fingerprint density at radius 1 is 1.30 bits per heavy atom. The van der Waals surface area contributed by atoms with Crippen LogP contribution in [-0.2, 0) is 0 Å². The topological polar surface area (TPSA) is 52.6 Å². The van der Waals surface area contributed by atoms with E-state index in [0.717, 1.165) is 17.0 Å². The number of carbonyl (C=O) groups is 1. The molecule has 4 nitrogen and oxygen atoms in total. The van der Waals surface area contributed by atoms with Crippen molar-refractivity contribution < 1.29 is 14.3 Å². The number of fused-ring (bicyclic) bond motifs is 1. The lowest BCUT2D eigenvalue weighted by atomic mass is 10.2. The summed E-state index contributed by atoms with van der Waals surface area (Å²) in [5, 5.41) is 12.6. The van der Waals surface area contributed by atoms with Gasteiger partial charge in [-0.25, -0.2) is 4.39 Å². The van der Waals surface area contributed by atoms with Crippen LogP contribution in [0.1, 0.15) is 16.8 Å². The highest BCUT2D eigenvalue weighted by Gasteiger charge is 2.27. The van der Waals surface area contributed by atoms with Crippen molar-refractivity contribution in [2.75, 3.05) is 18.5 Å². The SMILES string of the molecule is CN1c2ccc(O)cc2SC1CCNC(=O)c1ccc(F)cc1. The second-order valence-electron chi connectivity index (χ2n) is 5.39. The number of hydrogen-bond donors (Lipinski definition) is 2. The molecule has 0 bridgehead atoms. The molecule has 2 aromatic rings. The van der Waals surface area contributed by atoms with Crippen LogP contribution in [0.25, 0.3) is 0 Å². The Morgan fingerprint density at radius 2 is 2.04 bits per heavy atom. The Balaban J connectivity index is 1.54. The minimum atomic E-state index is -0.355. The molecule has 6 heteroatoms. The molecule has 1 aliphatic rings. The first-order chi connectivity index (χ1) is 11.0. The third-order valence-electron chi connectivity index (χ3n) is 3.80. The lowest BCUT2D eigenvalue weighted by Crippen LogP contribution is -2.31. The van der Waals surface area contributed by atoms with E-state index in [-0.39, 0.29) is 22.8 Å². The zero-order valence-corrected chi connectivity index (χ0v) is 13.4. The number of nitrogens with one attached hydrogen (secondary N) is 1. The summed E-state index contributed by atoms with van der Waals surface area (Å²) in [5.41, 5.74) is 1.54. The van der Waals surface area contributed by atoms with Crippen molar-refractivity contribution in [2.45, 2.75) is 16.7 Å². The summed E-state index contributed by atoms with van der Waals surface area (Å²) < 4.78 is 12.9. The maximum atomic E-state index is 12.9. The molecular weight excluding hydrogens is 315 g/mol. The number of carbonyl (C=O) groups excluding carboxylic acids is 1. The number of thioether (sulfide) groups is 1. The molecule has 0 spiro atoms. The molecule has 1 heterocycles. The van der Waals surface area contributed by atoms with E-state index in [4.69, 9.17) is 0 Å². The predicted octanol–water partition coefficient (Wildman–Crippen LogP) is 3.22. The molecule has 2 aromatic carbocycles. The van der Waals surface area contributed by atoms with Crippen LogP contribution < -0.4 is 10.2 Å². The van der Waals surface area contributed by atoms with Crippen LogP contribution in [0.4, 0.5) is 10.1 Å². The lowest BCUT2D eigenvalue weighted by molar-refractivity contribution is 0.0953. The zero-order valence-electron chi connectivity index (χ0n) is 12.6. The van der Waals surface area contributed by atoms with Gasteiger partial charge in [-0.1, -0.05) is 11.8 Å². The summed E-state index contributed by atoms with van der Waals surface area (Å²) >= 11 is 1.67. The first kappa shape index (κ1) is 15.7. The third kappa shape index (κ3) is 3.42. The highest BCUT2D eigenvalue weighted by molar-refractivity contribution is 8.00. The Bertz CT molecular complexity index is 721. The van der Waals surface area contributed by atoms with Gasteiger partial charge < -0.3 is 15.3 Å². The van der Waals surface area contributed by atoms with Gasteiger partial charge in [0.15, 0.2) is 0 Å². The summed E-state index contributed by atoms with van der Waals surface area (Å²) in [4.78, 5) is 15.2. The van der Waals surface area contributed by atoms with E-state index in [2.05, 4.69) is 10.2 Å². The van der Waals surface area contributed by atoms with Crippen LogP contribution in [0.3, 0.4) is 0 Å². The fourth-order valence-corrected chi connectivity index (χ4v) is 3.86. The number of anilines is 1. The normalized spacial score (nSPS) is 16.3. The Hall–Kier alpha value is -2.21. The van der Waals surface area contributed by atoms with Gasteiger partial charge in [0, 0.05) is 24.1 Å². The average molecular weight is 332 g/mol. The monoisotopic (exact) mass is 332 g/mol. The van der Waals surface area contributed by atoms with E-state index in [9.17, 15) is 14.3 Å². The van der Waals surface area contributed by atoms with Crippen molar-refractivity contribution >= 4 is 23.4 Å². The number of rotatable bonds is 4. The summed E-state index contributed by atoms with van der Waals surface area (Å²) in [7, 11) is 2.00. The van der Waals surface area contributed by atoms with Gasteiger partial charge in [-0.05, 0) is 48.9 Å². The fraction of sp³-hybridized carbons (Fsp3) is 0.235. The van der Waals surface area contributed by atoms with E-state index in [1.165, 1.54) is 24.3 Å². The molecule has 23 heavy (non-hydrogen) atoms. The van der Waals surface area contributed by atoms with Gasteiger partial charge >= 0.3 is 0 Å². The molecule has 0 saturated carbocycles. The van der Waals surface area contributed by atoms with Crippen LogP contribution in [0.15, 0.2) is 47.4 Å². The fourth-order valence-electron chi connectivity index (χ4n) is 2.53. The standard InChI is InChI=1S/C17H17FN2O2S/c1-20-14-7-6-13(21)10-15(14)23-16(20)8-9-19-17(22)11-2-4-12(18)5-3-11/h2-7,10,16,21H,8-9H2,1H3,(H,19,22). The quantitative estimate of drug-likeness (QED) is 0.903. The molecule has 0 aliphatic carbocycles.